The van der Waals surface area contributed by atoms with E-state index in [4.69, 9.17) is 16.7 Å². The molecule has 0 aromatic heterocycles. The minimum atomic E-state index is -0.888. The molecular formula is C13H13ClN2O5. The van der Waals surface area contributed by atoms with Crippen LogP contribution in [-0.2, 0) is 4.79 Å². The molecule has 2 atom stereocenters. The van der Waals surface area contributed by atoms with Gasteiger partial charge in [-0.05, 0) is 31.4 Å². The van der Waals surface area contributed by atoms with Crippen molar-refractivity contribution in [3.63, 3.8) is 0 Å². The summed E-state index contributed by atoms with van der Waals surface area (Å²) in [6, 6.07) is 3.83. The molecule has 2 rings (SSSR count). The first-order chi connectivity index (χ1) is 9.90. The number of carboxylic acids is 1. The van der Waals surface area contributed by atoms with E-state index in [0.29, 0.717) is 19.3 Å². The van der Waals surface area contributed by atoms with Crippen molar-refractivity contribution in [1.82, 2.24) is 5.32 Å². The Morgan fingerprint density at radius 2 is 2.10 bits per heavy atom. The molecule has 1 amide bonds. The molecule has 2 unspecified atom stereocenters. The highest BCUT2D eigenvalue weighted by atomic mass is 35.5. The van der Waals surface area contributed by atoms with Crippen LogP contribution in [-0.4, -0.2) is 27.9 Å². The van der Waals surface area contributed by atoms with Gasteiger partial charge >= 0.3 is 11.7 Å². The van der Waals surface area contributed by atoms with Crippen LogP contribution in [0.4, 0.5) is 5.69 Å². The van der Waals surface area contributed by atoms with Crippen molar-refractivity contribution in [1.29, 1.82) is 0 Å². The summed E-state index contributed by atoms with van der Waals surface area (Å²) in [4.78, 5) is 33.3. The summed E-state index contributed by atoms with van der Waals surface area (Å²) in [6.45, 7) is 0. The minimum absolute atomic E-state index is 0.109. The Hall–Kier alpha value is -2.15. The maximum absolute atomic E-state index is 12.1. The van der Waals surface area contributed by atoms with Gasteiger partial charge in [-0.1, -0.05) is 17.7 Å². The van der Waals surface area contributed by atoms with Crippen molar-refractivity contribution in [2.24, 2.45) is 5.92 Å². The fourth-order valence-corrected chi connectivity index (χ4v) is 2.73. The summed E-state index contributed by atoms with van der Waals surface area (Å²) < 4.78 is 0. The molecule has 1 aliphatic carbocycles. The van der Waals surface area contributed by atoms with E-state index in [1.54, 1.807) is 0 Å². The minimum Gasteiger partial charge on any atom is -0.481 e. The number of hydrogen-bond acceptors (Lipinski definition) is 4. The molecule has 0 spiro atoms. The molecule has 0 radical (unpaired) electrons. The maximum Gasteiger partial charge on any atom is 0.306 e. The summed E-state index contributed by atoms with van der Waals surface area (Å²) in [5.41, 5.74) is -0.560. The third-order valence-corrected chi connectivity index (χ3v) is 3.84. The fraction of sp³-hybridized carbons (Fsp3) is 0.385. The number of carboxylic acid groups (broad SMARTS) is 1. The number of nitro benzene ring substituents is 1. The smallest absolute Gasteiger partial charge is 0.306 e. The standard InChI is InChI=1S/C13H13ClN2O5/c14-10-3-1-2-9(11(10)16(20)21)12(17)15-8-5-4-7(6-8)13(18)19/h1-3,7-8H,4-6H2,(H,15,17)(H,18,19). The Bertz CT molecular complexity index is 604. The molecule has 21 heavy (non-hydrogen) atoms. The van der Waals surface area contributed by atoms with E-state index in [0.717, 1.165) is 0 Å². The molecular weight excluding hydrogens is 300 g/mol. The number of para-hydroxylation sites is 1. The van der Waals surface area contributed by atoms with Crippen LogP contribution in [0.2, 0.25) is 5.02 Å². The highest BCUT2D eigenvalue weighted by molar-refractivity contribution is 6.33. The van der Waals surface area contributed by atoms with Gasteiger partial charge in [0.05, 0.1) is 10.8 Å². The molecule has 0 aliphatic heterocycles. The molecule has 0 bridgehead atoms. The highest BCUT2D eigenvalue weighted by Gasteiger charge is 2.32. The van der Waals surface area contributed by atoms with E-state index >= 15 is 0 Å². The number of carbonyl (C=O) groups is 2. The second-order valence-corrected chi connectivity index (χ2v) is 5.32. The Balaban J connectivity index is 2.13. The zero-order valence-electron chi connectivity index (χ0n) is 10.9. The Morgan fingerprint density at radius 3 is 2.67 bits per heavy atom. The van der Waals surface area contributed by atoms with Crippen molar-refractivity contribution >= 4 is 29.2 Å². The monoisotopic (exact) mass is 312 g/mol. The van der Waals surface area contributed by atoms with Gasteiger partial charge in [-0.15, -0.1) is 0 Å². The second-order valence-electron chi connectivity index (χ2n) is 4.91. The van der Waals surface area contributed by atoms with Crippen LogP contribution >= 0.6 is 11.6 Å². The number of aliphatic carboxylic acids is 1. The second kappa shape index (κ2) is 6.09. The lowest BCUT2D eigenvalue weighted by Crippen LogP contribution is -2.33. The Labute approximate surface area is 125 Å². The number of carbonyl (C=O) groups excluding carboxylic acids is 1. The topological polar surface area (TPSA) is 110 Å². The average molecular weight is 313 g/mol. The molecule has 2 N–H and O–H groups in total. The van der Waals surface area contributed by atoms with Gasteiger partial charge in [0.25, 0.3) is 5.91 Å². The number of rotatable bonds is 4. The van der Waals surface area contributed by atoms with Crippen molar-refractivity contribution in [3.05, 3.63) is 38.9 Å². The lowest BCUT2D eigenvalue weighted by atomic mass is 10.1. The SMILES string of the molecule is O=C(NC1CCC(C(=O)O)C1)c1cccc(Cl)c1[N+](=O)[O-]. The molecule has 8 heteroatoms. The quantitative estimate of drug-likeness (QED) is 0.654. The molecule has 1 aliphatic rings. The average Bonchev–Trinajstić information content (AvgIpc) is 2.86. The number of nitro groups is 1. The van der Waals surface area contributed by atoms with Gasteiger partial charge in [-0.3, -0.25) is 19.7 Å². The van der Waals surface area contributed by atoms with Gasteiger partial charge in [-0.25, -0.2) is 0 Å². The summed E-state index contributed by atoms with van der Waals surface area (Å²) in [7, 11) is 0. The lowest BCUT2D eigenvalue weighted by molar-refractivity contribution is -0.385. The van der Waals surface area contributed by atoms with Crippen molar-refractivity contribution < 1.29 is 19.6 Å². The van der Waals surface area contributed by atoms with Gasteiger partial charge in [0.15, 0.2) is 0 Å². The largest absolute Gasteiger partial charge is 0.481 e. The summed E-state index contributed by atoms with van der Waals surface area (Å²) >= 11 is 5.75. The first-order valence-electron chi connectivity index (χ1n) is 6.36. The van der Waals surface area contributed by atoms with E-state index in [1.807, 2.05) is 0 Å². The molecule has 1 fully saturated rings. The van der Waals surface area contributed by atoms with Gasteiger partial charge < -0.3 is 10.4 Å². The van der Waals surface area contributed by atoms with E-state index in [-0.39, 0.29) is 16.6 Å². The van der Waals surface area contributed by atoms with Gasteiger partial charge in [0.2, 0.25) is 0 Å². The number of hydrogen-bond donors (Lipinski definition) is 2. The third kappa shape index (κ3) is 3.30. The van der Waals surface area contributed by atoms with Gasteiger partial charge in [0.1, 0.15) is 10.6 Å². The molecule has 1 saturated carbocycles. The molecule has 112 valence electrons. The van der Waals surface area contributed by atoms with Gasteiger partial charge in [0, 0.05) is 6.04 Å². The Kier molecular flexibility index (Phi) is 4.42. The van der Waals surface area contributed by atoms with E-state index in [9.17, 15) is 19.7 Å². The van der Waals surface area contributed by atoms with Crippen molar-refractivity contribution in [2.45, 2.75) is 25.3 Å². The molecule has 0 heterocycles. The number of amides is 1. The first-order valence-corrected chi connectivity index (χ1v) is 6.74. The zero-order chi connectivity index (χ0) is 15.6. The van der Waals surface area contributed by atoms with E-state index < -0.39 is 28.4 Å². The maximum atomic E-state index is 12.1. The van der Waals surface area contributed by atoms with Crippen LogP contribution in [0.5, 0.6) is 0 Å². The van der Waals surface area contributed by atoms with Crippen LogP contribution in [0.15, 0.2) is 18.2 Å². The van der Waals surface area contributed by atoms with E-state index in [1.165, 1.54) is 18.2 Å². The first kappa shape index (κ1) is 15.2. The summed E-state index contributed by atoms with van der Waals surface area (Å²) in [5, 5.41) is 22.4. The normalized spacial score (nSPS) is 21.0. The number of benzene rings is 1. The van der Waals surface area contributed by atoms with Crippen LogP contribution in [0.1, 0.15) is 29.6 Å². The predicted molar refractivity (Wildman–Crippen MR) is 74.3 cm³/mol. The number of halogens is 1. The van der Waals surface area contributed by atoms with Crippen molar-refractivity contribution in [2.75, 3.05) is 0 Å². The van der Waals surface area contributed by atoms with Crippen LogP contribution in [0.3, 0.4) is 0 Å². The highest BCUT2D eigenvalue weighted by Crippen LogP contribution is 2.30. The van der Waals surface area contributed by atoms with E-state index in [2.05, 4.69) is 5.32 Å². The molecule has 0 saturated heterocycles. The van der Waals surface area contributed by atoms with Crippen molar-refractivity contribution in [3.8, 4) is 0 Å². The number of nitrogens with one attached hydrogen (secondary N) is 1. The number of nitrogens with zero attached hydrogens (tertiary/aromatic N) is 1. The predicted octanol–water partition coefficient (Wildman–Crippen LogP) is 2.23. The fourth-order valence-electron chi connectivity index (χ4n) is 2.48. The van der Waals surface area contributed by atoms with Gasteiger partial charge in [-0.2, -0.15) is 0 Å². The van der Waals surface area contributed by atoms with Crippen LogP contribution in [0, 0.1) is 16.0 Å². The van der Waals surface area contributed by atoms with Crippen LogP contribution in [0.25, 0.3) is 0 Å². The Morgan fingerprint density at radius 1 is 1.38 bits per heavy atom. The molecule has 1 aromatic rings. The third-order valence-electron chi connectivity index (χ3n) is 3.53. The summed E-state index contributed by atoms with van der Waals surface area (Å²) in [5.74, 6) is -1.98. The zero-order valence-corrected chi connectivity index (χ0v) is 11.7. The summed E-state index contributed by atoms with van der Waals surface area (Å²) in [6.07, 6.45) is 1.35. The lowest BCUT2D eigenvalue weighted by Gasteiger charge is -2.12. The molecule has 1 aromatic carbocycles. The molecule has 7 nitrogen and oxygen atoms in total. The van der Waals surface area contributed by atoms with Crippen LogP contribution < -0.4 is 5.32 Å².